The zero-order valence-electron chi connectivity index (χ0n) is 17.7. The van der Waals surface area contributed by atoms with Crippen LogP contribution in [-0.2, 0) is 24.6 Å². The molecule has 1 atom stereocenters. The number of likely N-dealkylation sites (tertiary alicyclic amines) is 1. The van der Waals surface area contributed by atoms with Gasteiger partial charge < -0.3 is 14.5 Å². The van der Waals surface area contributed by atoms with Crippen LogP contribution in [0.25, 0.3) is 0 Å². The van der Waals surface area contributed by atoms with Crippen LogP contribution in [0.1, 0.15) is 54.4 Å². The molecule has 3 aliphatic rings. The maximum Gasteiger partial charge on any atom is 0.409 e. The van der Waals surface area contributed by atoms with Gasteiger partial charge in [-0.1, -0.05) is 0 Å². The Morgan fingerprint density at radius 2 is 1.79 bits per heavy atom. The molecule has 8 nitrogen and oxygen atoms in total. The lowest BCUT2D eigenvalue weighted by atomic mass is 9.95. The van der Waals surface area contributed by atoms with Crippen molar-refractivity contribution in [1.82, 2.24) is 24.5 Å². The highest BCUT2D eigenvalue weighted by Gasteiger charge is 2.34. The van der Waals surface area contributed by atoms with E-state index in [1.54, 1.807) is 9.58 Å². The van der Waals surface area contributed by atoms with Crippen LogP contribution < -0.4 is 0 Å². The van der Waals surface area contributed by atoms with Crippen LogP contribution in [0.4, 0.5) is 4.79 Å². The Bertz CT molecular complexity index is 754. The number of amides is 2. The topological polar surface area (TPSA) is 70.9 Å². The molecule has 0 aromatic carbocycles. The summed E-state index contributed by atoms with van der Waals surface area (Å²) in [6.45, 7) is 6.89. The number of fused-ring (bicyclic) bond motifs is 1. The molecule has 2 saturated heterocycles. The minimum Gasteiger partial charge on any atom is -0.450 e. The Morgan fingerprint density at radius 1 is 1.03 bits per heavy atom. The minimum absolute atomic E-state index is 0.137. The number of rotatable bonds is 3. The van der Waals surface area contributed by atoms with E-state index >= 15 is 0 Å². The van der Waals surface area contributed by atoms with Crippen LogP contribution in [-0.4, -0.2) is 88.4 Å². The highest BCUT2D eigenvalue weighted by Crippen LogP contribution is 2.26. The molecule has 0 N–H and O–H groups in total. The first-order chi connectivity index (χ1) is 14.1. The van der Waals surface area contributed by atoms with Gasteiger partial charge in [0.2, 0.25) is 0 Å². The molecule has 0 bridgehead atoms. The number of aromatic nitrogens is 2. The maximum absolute atomic E-state index is 13.4. The van der Waals surface area contributed by atoms with Gasteiger partial charge in [-0.3, -0.25) is 14.4 Å². The van der Waals surface area contributed by atoms with E-state index in [-0.39, 0.29) is 12.0 Å². The number of piperazine rings is 1. The van der Waals surface area contributed by atoms with Crippen molar-refractivity contribution in [2.24, 2.45) is 7.05 Å². The average Bonchev–Trinajstić information content (AvgIpc) is 3.09. The van der Waals surface area contributed by atoms with Crippen molar-refractivity contribution in [2.75, 3.05) is 45.9 Å². The fourth-order valence-corrected chi connectivity index (χ4v) is 5.02. The molecular weight excluding hydrogens is 370 g/mol. The first kappa shape index (κ1) is 20.2. The van der Waals surface area contributed by atoms with Gasteiger partial charge in [-0.05, 0) is 45.4 Å². The van der Waals surface area contributed by atoms with Crippen LogP contribution in [0.3, 0.4) is 0 Å². The molecule has 2 fully saturated rings. The molecule has 2 aliphatic heterocycles. The van der Waals surface area contributed by atoms with E-state index in [2.05, 4.69) is 10.00 Å². The number of aryl methyl sites for hydroxylation is 2. The number of hydrogen-bond acceptors (Lipinski definition) is 5. The third kappa shape index (κ3) is 4.13. The fourth-order valence-electron chi connectivity index (χ4n) is 5.02. The first-order valence-electron chi connectivity index (χ1n) is 11.1. The number of piperidine rings is 1. The van der Waals surface area contributed by atoms with Crippen LogP contribution in [0.15, 0.2) is 0 Å². The largest absolute Gasteiger partial charge is 0.450 e. The van der Waals surface area contributed by atoms with E-state index in [1.165, 1.54) is 12.0 Å². The van der Waals surface area contributed by atoms with Crippen molar-refractivity contribution in [3.8, 4) is 0 Å². The van der Waals surface area contributed by atoms with Crippen LogP contribution in [0.5, 0.6) is 0 Å². The Morgan fingerprint density at radius 3 is 2.55 bits per heavy atom. The van der Waals surface area contributed by atoms with Crippen LogP contribution >= 0.6 is 0 Å². The van der Waals surface area contributed by atoms with Gasteiger partial charge >= 0.3 is 6.09 Å². The summed E-state index contributed by atoms with van der Waals surface area (Å²) in [5.41, 5.74) is 3.09. The Labute approximate surface area is 172 Å². The molecular formula is C21H33N5O3. The zero-order chi connectivity index (χ0) is 20.4. The van der Waals surface area contributed by atoms with Gasteiger partial charge in [0.15, 0.2) is 0 Å². The fraction of sp³-hybridized carbons (Fsp3) is 0.762. The maximum atomic E-state index is 13.4. The third-order valence-corrected chi connectivity index (χ3v) is 6.56. The molecule has 8 heteroatoms. The lowest BCUT2D eigenvalue weighted by molar-refractivity contribution is 0.0372. The number of carbonyl (C=O) groups is 2. The van der Waals surface area contributed by atoms with Gasteiger partial charge in [0.25, 0.3) is 5.91 Å². The minimum atomic E-state index is -0.214. The molecule has 29 heavy (non-hydrogen) atoms. The highest BCUT2D eigenvalue weighted by atomic mass is 16.6. The van der Waals surface area contributed by atoms with E-state index in [0.717, 1.165) is 69.7 Å². The molecule has 3 heterocycles. The van der Waals surface area contributed by atoms with Gasteiger partial charge in [0.1, 0.15) is 5.69 Å². The SMILES string of the molecule is CCOC(=O)N1CCN(C2CCCN(C(=O)c3c4c(nn3C)CCCC4)C2)CC1. The van der Waals surface area contributed by atoms with Gasteiger partial charge in [0, 0.05) is 57.9 Å². The second-order valence-corrected chi connectivity index (χ2v) is 8.37. The van der Waals surface area contributed by atoms with E-state index in [0.29, 0.717) is 25.7 Å². The summed E-state index contributed by atoms with van der Waals surface area (Å²) in [4.78, 5) is 31.5. The molecule has 2 amide bonds. The number of ether oxygens (including phenoxy) is 1. The smallest absolute Gasteiger partial charge is 0.409 e. The molecule has 1 aliphatic carbocycles. The van der Waals surface area contributed by atoms with Crippen molar-refractivity contribution < 1.29 is 14.3 Å². The molecule has 0 spiro atoms. The van der Waals surface area contributed by atoms with Crippen LogP contribution in [0, 0.1) is 0 Å². The molecule has 1 aromatic heterocycles. The first-order valence-corrected chi connectivity index (χ1v) is 11.1. The summed E-state index contributed by atoms with van der Waals surface area (Å²) in [5, 5.41) is 4.63. The standard InChI is InChI=1S/C21H33N5O3/c1-3-29-21(28)25-13-11-24(12-14-25)16-7-6-10-26(15-16)20(27)19-17-8-4-5-9-18(17)22-23(19)2/h16H,3-15H2,1-2H3. The molecule has 1 aromatic rings. The predicted octanol–water partition coefficient (Wildman–Crippen LogP) is 1.68. The summed E-state index contributed by atoms with van der Waals surface area (Å²) in [6.07, 6.45) is 6.18. The second kappa shape index (κ2) is 8.73. The average molecular weight is 404 g/mol. The monoisotopic (exact) mass is 403 g/mol. The summed E-state index contributed by atoms with van der Waals surface area (Å²) in [5.74, 6) is 0.137. The second-order valence-electron chi connectivity index (χ2n) is 8.37. The lowest BCUT2D eigenvalue weighted by Gasteiger charge is -2.43. The summed E-state index contributed by atoms with van der Waals surface area (Å²) >= 11 is 0. The van der Waals surface area contributed by atoms with Crippen molar-refractivity contribution in [1.29, 1.82) is 0 Å². The number of nitrogens with zero attached hydrogens (tertiary/aromatic N) is 5. The van der Waals surface area contributed by atoms with Crippen LogP contribution in [0.2, 0.25) is 0 Å². The van der Waals surface area contributed by atoms with Crippen molar-refractivity contribution >= 4 is 12.0 Å². The Kier molecular flexibility index (Phi) is 6.08. The summed E-state index contributed by atoms with van der Waals surface area (Å²) in [7, 11) is 1.90. The van der Waals surface area contributed by atoms with Crippen molar-refractivity contribution in [3.63, 3.8) is 0 Å². The van der Waals surface area contributed by atoms with E-state index in [4.69, 9.17) is 4.74 Å². The van der Waals surface area contributed by atoms with Crippen molar-refractivity contribution in [2.45, 2.75) is 51.5 Å². The van der Waals surface area contributed by atoms with Crippen molar-refractivity contribution in [3.05, 3.63) is 17.0 Å². The predicted molar refractivity (Wildman–Crippen MR) is 109 cm³/mol. The summed E-state index contributed by atoms with van der Waals surface area (Å²) < 4.78 is 6.92. The van der Waals surface area contributed by atoms with Gasteiger partial charge in [0.05, 0.1) is 12.3 Å². The zero-order valence-corrected chi connectivity index (χ0v) is 17.7. The van der Waals surface area contributed by atoms with Gasteiger partial charge in [-0.25, -0.2) is 4.79 Å². The molecule has 1 unspecified atom stereocenters. The molecule has 0 saturated carbocycles. The quantitative estimate of drug-likeness (QED) is 0.768. The lowest BCUT2D eigenvalue weighted by Crippen LogP contribution is -2.56. The summed E-state index contributed by atoms with van der Waals surface area (Å²) in [6, 6.07) is 0.362. The van der Waals surface area contributed by atoms with E-state index in [1.807, 2.05) is 18.9 Å². The van der Waals surface area contributed by atoms with E-state index in [9.17, 15) is 9.59 Å². The van der Waals surface area contributed by atoms with E-state index < -0.39 is 0 Å². The molecule has 160 valence electrons. The highest BCUT2D eigenvalue weighted by molar-refractivity contribution is 5.94. The molecule has 0 radical (unpaired) electrons. The third-order valence-electron chi connectivity index (χ3n) is 6.56. The number of carbonyl (C=O) groups excluding carboxylic acids is 2. The molecule has 4 rings (SSSR count). The Balaban J connectivity index is 1.39. The Hall–Kier alpha value is -2.09. The normalized spacial score (nSPS) is 23.0. The number of hydrogen-bond donors (Lipinski definition) is 0. The van der Waals surface area contributed by atoms with Gasteiger partial charge in [-0.2, -0.15) is 5.10 Å². The van der Waals surface area contributed by atoms with Gasteiger partial charge in [-0.15, -0.1) is 0 Å².